The summed E-state index contributed by atoms with van der Waals surface area (Å²) in [5.41, 5.74) is 3.56. The minimum absolute atomic E-state index is 0.112. The van der Waals surface area contributed by atoms with Crippen molar-refractivity contribution in [3.8, 4) is 16.9 Å². The first-order valence-corrected chi connectivity index (χ1v) is 8.24. The Morgan fingerprint density at radius 3 is 2.29 bits per heavy atom. The smallest absolute Gasteiger partial charge is 0.170 e. The van der Waals surface area contributed by atoms with Crippen molar-refractivity contribution in [2.24, 2.45) is 0 Å². The molecule has 2 nitrogen and oxygen atoms in total. The summed E-state index contributed by atoms with van der Waals surface area (Å²) in [6.07, 6.45) is 0.112. The minimum Gasteiger partial charge on any atom is -0.484 e. The number of ether oxygens (including phenoxy) is 1. The topological polar surface area (TPSA) is 26.3 Å². The van der Waals surface area contributed by atoms with Crippen LogP contribution in [0.15, 0.2) is 72.8 Å². The molecule has 0 saturated heterocycles. The van der Waals surface area contributed by atoms with Gasteiger partial charge >= 0.3 is 0 Å². The van der Waals surface area contributed by atoms with Crippen molar-refractivity contribution in [2.75, 3.05) is 0 Å². The molecular formula is C21H15ClO2. The van der Waals surface area contributed by atoms with Crippen LogP contribution in [0.4, 0.5) is 0 Å². The Morgan fingerprint density at radius 2 is 1.54 bits per heavy atom. The Bertz CT molecular complexity index is 885. The lowest BCUT2D eigenvalue weighted by molar-refractivity contribution is 0.0851. The average molecular weight is 335 g/mol. The van der Waals surface area contributed by atoms with Crippen LogP contribution in [0.3, 0.4) is 0 Å². The fourth-order valence-electron chi connectivity index (χ4n) is 3.06. The number of fused-ring (bicyclic) bond motifs is 1. The highest BCUT2D eigenvalue weighted by atomic mass is 35.5. The zero-order valence-electron chi connectivity index (χ0n) is 12.9. The highest BCUT2D eigenvalue weighted by molar-refractivity contribution is 6.30. The number of carbonyl (C=O) groups is 1. The molecule has 118 valence electrons. The molecule has 0 aromatic heterocycles. The molecule has 1 aliphatic rings. The number of hydrogen-bond acceptors (Lipinski definition) is 2. The standard InChI is InChI=1S/C21H15ClO2/c22-16-11-9-14(10-12-16)17-7-4-8-18-19(23)13-20(24-21(17)18)15-5-2-1-3-6-15/h1-12,20H,13H2. The molecule has 0 saturated carbocycles. The minimum atomic E-state index is -0.250. The van der Waals surface area contributed by atoms with E-state index in [9.17, 15) is 4.79 Å². The number of ketones is 1. The molecule has 1 atom stereocenters. The number of carbonyl (C=O) groups excluding carboxylic acids is 1. The summed E-state index contributed by atoms with van der Waals surface area (Å²) in [6.45, 7) is 0. The maximum atomic E-state index is 12.6. The van der Waals surface area contributed by atoms with Gasteiger partial charge in [0.15, 0.2) is 5.78 Å². The first-order valence-electron chi connectivity index (χ1n) is 7.86. The van der Waals surface area contributed by atoms with Crippen LogP contribution in [0.5, 0.6) is 5.75 Å². The second kappa shape index (κ2) is 6.14. The molecule has 0 spiro atoms. The molecule has 3 heteroatoms. The Morgan fingerprint density at radius 1 is 0.833 bits per heavy atom. The molecule has 0 fully saturated rings. The molecule has 0 amide bonds. The van der Waals surface area contributed by atoms with E-state index in [1.807, 2.05) is 72.8 Å². The molecule has 1 unspecified atom stereocenters. The second-order valence-corrected chi connectivity index (χ2v) is 6.27. The molecule has 24 heavy (non-hydrogen) atoms. The Balaban J connectivity index is 1.80. The van der Waals surface area contributed by atoms with Gasteiger partial charge in [-0.25, -0.2) is 0 Å². The van der Waals surface area contributed by atoms with Crippen molar-refractivity contribution in [3.63, 3.8) is 0 Å². The van der Waals surface area contributed by atoms with Crippen LogP contribution in [-0.4, -0.2) is 5.78 Å². The van der Waals surface area contributed by atoms with E-state index >= 15 is 0 Å². The number of halogens is 1. The fraction of sp³-hybridized carbons (Fsp3) is 0.0952. The predicted molar refractivity (Wildman–Crippen MR) is 95.6 cm³/mol. The van der Waals surface area contributed by atoms with E-state index < -0.39 is 0 Å². The van der Waals surface area contributed by atoms with Gasteiger partial charge in [0.1, 0.15) is 11.9 Å². The van der Waals surface area contributed by atoms with Crippen LogP contribution < -0.4 is 4.74 Å². The Kier molecular flexibility index (Phi) is 3.83. The SMILES string of the molecule is O=C1CC(c2ccccc2)Oc2c1cccc2-c1ccc(Cl)cc1. The first-order chi connectivity index (χ1) is 11.7. The monoisotopic (exact) mass is 334 g/mol. The van der Waals surface area contributed by atoms with Gasteiger partial charge in [-0.3, -0.25) is 4.79 Å². The van der Waals surface area contributed by atoms with Gasteiger partial charge in [0.2, 0.25) is 0 Å². The van der Waals surface area contributed by atoms with Crippen LogP contribution in [0, 0.1) is 0 Å². The summed E-state index contributed by atoms with van der Waals surface area (Å²) in [5.74, 6) is 0.769. The van der Waals surface area contributed by atoms with E-state index in [1.54, 1.807) is 0 Å². The van der Waals surface area contributed by atoms with Gasteiger partial charge in [0.05, 0.1) is 12.0 Å². The summed E-state index contributed by atoms with van der Waals surface area (Å²) >= 11 is 5.98. The lowest BCUT2D eigenvalue weighted by atomic mass is 9.92. The summed E-state index contributed by atoms with van der Waals surface area (Å²) in [7, 11) is 0. The maximum absolute atomic E-state index is 12.6. The van der Waals surface area contributed by atoms with Crippen LogP contribution >= 0.6 is 11.6 Å². The third-order valence-electron chi connectivity index (χ3n) is 4.27. The number of hydrogen-bond donors (Lipinski definition) is 0. The van der Waals surface area contributed by atoms with E-state index in [4.69, 9.17) is 16.3 Å². The zero-order chi connectivity index (χ0) is 16.5. The summed E-state index contributed by atoms with van der Waals surface area (Å²) in [5, 5.41) is 0.683. The number of benzene rings is 3. The summed E-state index contributed by atoms with van der Waals surface area (Å²) < 4.78 is 6.25. The number of para-hydroxylation sites is 1. The molecule has 0 bridgehead atoms. The molecular weight excluding hydrogens is 320 g/mol. The molecule has 0 N–H and O–H groups in total. The van der Waals surface area contributed by atoms with Crippen molar-refractivity contribution in [2.45, 2.75) is 12.5 Å². The van der Waals surface area contributed by atoms with Crippen LogP contribution in [0.1, 0.15) is 28.4 Å². The highest BCUT2D eigenvalue weighted by Crippen LogP contribution is 2.41. The highest BCUT2D eigenvalue weighted by Gasteiger charge is 2.29. The van der Waals surface area contributed by atoms with E-state index in [2.05, 4.69) is 0 Å². The largest absolute Gasteiger partial charge is 0.484 e. The van der Waals surface area contributed by atoms with Crippen molar-refractivity contribution >= 4 is 17.4 Å². The van der Waals surface area contributed by atoms with E-state index in [0.717, 1.165) is 16.7 Å². The third kappa shape index (κ3) is 2.70. The number of rotatable bonds is 2. The molecule has 0 aliphatic carbocycles. The van der Waals surface area contributed by atoms with Crippen molar-refractivity contribution in [1.29, 1.82) is 0 Å². The maximum Gasteiger partial charge on any atom is 0.170 e. The Hall–Kier alpha value is -2.58. The summed E-state index contributed by atoms with van der Waals surface area (Å²) in [6, 6.07) is 23.1. The predicted octanol–water partition coefficient (Wildman–Crippen LogP) is 5.71. The van der Waals surface area contributed by atoms with Crippen LogP contribution in [0.25, 0.3) is 11.1 Å². The lowest BCUT2D eigenvalue weighted by Gasteiger charge is -2.27. The molecule has 3 aromatic carbocycles. The molecule has 3 aromatic rings. The number of Topliss-reactive ketones (excluding diaryl/α,β-unsaturated/α-hetero) is 1. The van der Waals surface area contributed by atoms with Gasteiger partial charge < -0.3 is 4.74 Å². The molecule has 1 heterocycles. The van der Waals surface area contributed by atoms with E-state index in [0.29, 0.717) is 22.8 Å². The van der Waals surface area contributed by atoms with Gasteiger partial charge in [-0.15, -0.1) is 0 Å². The van der Waals surface area contributed by atoms with Gasteiger partial charge in [0, 0.05) is 10.6 Å². The fourth-order valence-corrected chi connectivity index (χ4v) is 3.18. The van der Waals surface area contributed by atoms with Gasteiger partial charge in [-0.1, -0.05) is 66.2 Å². The quantitative estimate of drug-likeness (QED) is 0.599. The van der Waals surface area contributed by atoms with Gasteiger partial charge in [0.25, 0.3) is 0 Å². The van der Waals surface area contributed by atoms with Gasteiger partial charge in [-0.05, 0) is 29.3 Å². The lowest BCUT2D eigenvalue weighted by Crippen LogP contribution is -2.20. The molecule has 4 rings (SSSR count). The third-order valence-corrected chi connectivity index (χ3v) is 4.52. The second-order valence-electron chi connectivity index (χ2n) is 5.83. The molecule has 1 aliphatic heterocycles. The van der Waals surface area contributed by atoms with E-state index in [-0.39, 0.29) is 11.9 Å². The Labute approximate surface area is 145 Å². The van der Waals surface area contributed by atoms with Crippen LogP contribution in [-0.2, 0) is 0 Å². The summed E-state index contributed by atoms with van der Waals surface area (Å²) in [4.78, 5) is 12.6. The van der Waals surface area contributed by atoms with Crippen molar-refractivity contribution in [3.05, 3.63) is 88.9 Å². The average Bonchev–Trinajstić information content (AvgIpc) is 2.63. The molecule has 0 radical (unpaired) electrons. The first kappa shape index (κ1) is 15.0. The van der Waals surface area contributed by atoms with Crippen molar-refractivity contribution in [1.82, 2.24) is 0 Å². The normalized spacial score (nSPS) is 16.4. The van der Waals surface area contributed by atoms with Crippen molar-refractivity contribution < 1.29 is 9.53 Å². The van der Waals surface area contributed by atoms with Crippen LogP contribution in [0.2, 0.25) is 5.02 Å². The zero-order valence-corrected chi connectivity index (χ0v) is 13.7. The van der Waals surface area contributed by atoms with Gasteiger partial charge in [-0.2, -0.15) is 0 Å². The van der Waals surface area contributed by atoms with E-state index in [1.165, 1.54) is 0 Å².